The van der Waals surface area contributed by atoms with E-state index in [9.17, 15) is 0 Å². The van der Waals surface area contributed by atoms with Crippen LogP contribution in [-0.2, 0) is 13.6 Å². The van der Waals surface area contributed by atoms with Crippen LogP contribution in [0.3, 0.4) is 0 Å². The molecule has 114 valence electrons. The van der Waals surface area contributed by atoms with E-state index >= 15 is 0 Å². The van der Waals surface area contributed by atoms with E-state index in [2.05, 4.69) is 49.4 Å². The number of nitrogens with zero attached hydrogens (tertiary/aromatic N) is 2. The number of aryl methyl sites for hydroxylation is 4. The molecule has 0 bridgehead atoms. The highest BCUT2D eigenvalue weighted by Crippen LogP contribution is 2.31. The molecule has 1 aromatic carbocycles. The smallest absolute Gasteiger partial charge is 0.222 e. The second kappa shape index (κ2) is 6.76. The van der Waals surface area contributed by atoms with Crippen molar-refractivity contribution in [3.05, 3.63) is 40.6 Å². The summed E-state index contributed by atoms with van der Waals surface area (Å²) in [7, 11) is 1.93. The van der Waals surface area contributed by atoms with Gasteiger partial charge in [0.05, 0.1) is 11.3 Å². The summed E-state index contributed by atoms with van der Waals surface area (Å²) in [4.78, 5) is 0. The molecule has 0 saturated carbocycles. The van der Waals surface area contributed by atoms with E-state index in [4.69, 9.17) is 4.74 Å². The number of ether oxygens (including phenoxy) is 1. The Balaban J connectivity index is 2.31. The van der Waals surface area contributed by atoms with E-state index < -0.39 is 0 Å². The summed E-state index contributed by atoms with van der Waals surface area (Å²) in [5.74, 6) is 1.76. The fourth-order valence-corrected chi connectivity index (χ4v) is 2.46. The van der Waals surface area contributed by atoms with Crippen LogP contribution >= 0.6 is 0 Å². The lowest BCUT2D eigenvalue weighted by atomic mass is 10.1. The van der Waals surface area contributed by atoms with Gasteiger partial charge in [-0.25, -0.2) is 4.68 Å². The van der Waals surface area contributed by atoms with E-state index in [0.29, 0.717) is 0 Å². The minimum absolute atomic E-state index is 0.785. The summed E-state index contributed by atoms with van der Waals surface area (Å²) >= 11 is 0. The van der Waals surface area contributed by atoms with Gasteiger partial charge in [0.1, 0.15) is 5.75 Å². The van der Waals surface area contributed by atoms with Gasteiger partial charge in [-0.1, -0.05) is 25.1 Å². The summed E-state index contributed by atoms with van der Waals surface area (Å²) in [5, 5.41) is 7.92. The maximum Gasteiger partial charge on any atom is 0.222 e. The van der Waals surface area contributed by atoms with Crippen molar-refractivity contribution in [3.63, 3.8) is 0 Å². The Labute approximate surface area is 127 Å². The van der Waals surface area contributed by atoms with Gasteiger partial charge < -0.3 is 10.1 Å². The quantitative estimate of drug-likeness (QED) is 0.824. The van der Waals surface area contributed by atoms with Crippen LogP contribution in [-0.4, -0.2) is 16.3 Å². The molecule has 0 spiro atoms. The largest absolute Gasteiger partial charge is 0.438 e. The molecule has 0 fully saturated rings. The van der Waals surface area contributed by atoms with E-state index in [1.807, 2.05) is 18.7 Å². The van der Waals surface area contributed by atoms with Crippen LogP contribution in [0.25, 0.3) is 0 Å². The molecule has 0 saturated heterocycles. The van der Waals surface area contributed by atoms with Crippen molar-refractivity contribution in [2.24, 2.45) is 7.05 Å². The average molecular weight is 287 g/mol. The molecule has 0 aliphatic carbocycles. The van der Waals surface area contributed by atoms with Gasteiger partial charge in [-0.05, 0) is 44.9 Å². The molecule has 4 nitrogen and oxygen atoms in total. The van der Waals surface area contributed by atoms with Crippen LogP contribution in [0, 0.1) is 20.8 Å². The van der Waals surface area contributed by atoms with Gasteiger partial charge in [-0.2, -0.15) is 5.10 Å². The Morgan fingerprint density at radius 2 is 1.86 bits per heavy atom. The van der Waals surface area contributed by atoms with Gasteiger partial charge in [0.25, 0.3) is 0 Å². The standard InChI is InChI=1S/C17H25N3O/c1-6-10-18-11-15-14(4)19-20(5)17(15)21-16-12(2)8-7-9-13(16)3/h7-9,18H,6,10-11H2,1-5H3. The van der Waals surface area contributed by atoms with Crippen molar-refractivity contribution in [1.29, 1.82) is 0 Å². The summed E-state index contributed by atoms with van der Waals surface area (Å²) < 4.78 is 8.04. The third-order valence-corrected chi connectivity index (χ3v) is 3.62. The Hall–Kier alpha value is -1.81. The number of benzene rings is 1. The van der Waals surface area contributed by atoms with E-state index in [1.165, 1.54) is 0 Å². The van der Waals surface area contributed by atoms with Gasteiger partial charge in [-0.15, -0.1) is 0 Å². The predicted octanol–water partition coefficient (Wildman–Crippen LogP) is 3.64. The lowest BCUT2D eigenvalue weighted by Gasteiger charge is -2.13. The molecule has 1 heterocycles. The SMILES string of the molecule is CCCNCc1c(C)nn(C)c1Oc1c(C)cccc1C. The van der Waals surface area contributed by atoms with E-state index in [1.54, 1.807) is 0 Å². The van der Waals surface area contributed by atoms with Crippen LogP contribution in [0.5, 0.6) is 11.6 Å². The fraction of sp³-hybridized carbons (Fsp3) is 0.471. The van der Waals surface area contributed by atoms with Crippen LogP contribution in [0.1, 0.15) is 35.7 Å². The molecule has 21 heavy (non-hydrogen) atoms. The zero-order valence-corrected chi connectivity index (χ0v) is 13.7. The summed E-state index contributed by atoms with van der Waals surface area (Å²) in [6.45, 7) is 10.1. The molecule has 4 heteroatoms. The lowest BCUT2D eigenvalue weighted by molar-refractivity contribution is 0.418. The fourth-order valence-electron chi connectivity index (χ4n) is 2.46. The highest BCUT2D eigenvalue weighted by molar-refractivity contribution is 5.44. The van der Waals surface area contributed by atoms with E-state index in [-0.39, 0.29) is 0 Å². The van der Waals surface area contributed by atoms with Gasteiger partial charge in [0.15, 0.2) is 0 Å². The van der Waals surface area contributed by atoms with Crippen molar-refractivity contribution in [2.45, 2.75) is 40.7 Å². The minimum Gasteiger partial charge on any atom is -0.438 e. The Morgan fingerprint density at radius 1 is 1.19 bits per heavy atom. The maximum absolute atomic E-state index is 6.21. The molecule has 0 unspecified atom stereocenters. The van der Waals surface area contributed by atoms with Crippen molar-refractivity contribution in [2.75, 3.05) is 6.54 Å². The van der Waals surface area contributed by atoms with Crippen LogP contribution < -0.4 is 10.1 Å². The molecule has 2 rings (SSSR count). The molecule has 0 amide bonds. The van der Waals surface area contributed by atoms with Crippen LogP contribution in [0.4, 0.5) is 0 Å². The first-order valence-corrected chi connectivity index (χ1v) is 7.51. The molecule has 2 aromatic rings. The molecule has 0 aliphatic rings. The second-order valence-electron chi connectivity index (χ2n) is 5.49. The lowest BCUT2D eigenvalue weighted by Crippen LogP contribution is -2.14. The van der Waals surface area contributed by atoms with Gasteiger partial charge in [-0.3, -0.25) is 0 Å². The summed E-state index contributed by atoms with van der Waals surface area (Å²) in [6.07, 6.45) is 1.12. The normalized spacial score (nSPS) is 10.9. The summed E-state index contributed by atoms with van der Waals surface area (Å²) in [6, 6.07) is 6.19. The number of hydrogen-bond acceptors (Lipinski definition) is 3. The third-order valence-electron chi connectivity index (χ3n) is 3.62. The van der Waals surface area contributed by atoms with Crippen molar-refractivity contribution < 1.29 is 4.74 Å². The molecular formula is C17H25N3O. The zero-order chi connectivity index (χ0) is 15.4. The highest BCUT2D eigenvalue weighted by atomic mass is 16.5. The maximum atomic E-state index is 6.21. The van der Waals surface area contributed by atoms with Crippen molar-refractivity contribution >= 4 is 0 Å². The molecule has 0 atom stereocenters. The first-order chi connectivity index (χ1) is 10.0. The molecular weight excluding hydrogens is 262 g/mol. The number of rotatable bonds is 6. The van der Waals surface area contributed by atoms with Gasteiger partial charge >= 0.3 is 0 Å². The van der Waals surface area contributed by atoms with Gasteiger partial charge in [0.2, 0.25) is 5.88 Å². The Kier molecular flexibility index (Phi) is 5.02. The Bertz CT molecular complexity index is 596. The highest BCUT2D eigenvalue weighted by Gasteiger charge is 2.16. The number of para-hydroxylation sites is 1. The first kappa shape index (κ1) is 15.6. The first-order valence-electron chi connectivity index (χ1n) is 7.51. The molecule has 0 aliphatic heterocycles. The van der Waals surface area contributed by atoms with E-state index in [0.717, 1.165) is 53.5 Å². The van der Waals surface area contributed by atoms with Crippen molar-refractivity contribution in [1.82, 2.24) is 15.1 Å². The predicted molar refractivity (Wildman–Crippen MR) is 85.9 cm³/mol. The molecule has 0 radical (unpaired) electrons. The number of hydrogen-bond donors (Lipinski definition) is 1. The van der Waals surface area contributed by atoms with Crippen LogP contribution in [0.15, 0.2) is 18.2 Å². The zero-order valence-electron chi connectivity index (χ0n) is 13.7. The summed E-state index contributed by atoms with van der Waals surface area (Å²) in [5.41, 5.74) is 4.43. The number of nitrogens with one attached hydrogen (secondary N) is 1. The number of aromatic nitrogens is 2. The Morgan fingerprint density at radius 3 is 2.48 bits per heavy atom. The molecule has 1 N–H and O–H groups in total. The third kappa shape index (κ3) is 3.45. The van der Waals surface area contributed by atoms with Crippen LogP contribution in [0.2, 0.25) is 0 Å². The van der Waals surface area contributed by atoms with Gasteiger partial charge in [0, 0.05) is 13.6 Å². The average Bonchev–Trinajstić information content (AvgIpc) is 2.69. The molecule has 1 aromatic heterocycles. The monoisotopic (exact) mass is 287 g/mol. The van der Waals surface area contributed by atoms with Crippen molar-refractivity contribution in [3.8, 4) is 11.6 Å². The second-order valence-corrected chi connectivity index (χ2v) is 5.49. The topological polar surface area (TPSA) is 39.1 Å². The minimum atomic E-state index is 0.785.